The fourth-order valence-corrected chi connectivity index (χ4v) is 2.91. The van der Waals surface area contributed by atoms with Gasteiger partial charge in [0.25, 0.3) is 0 Å². The first-order valence-corrected chi connectivity index (χ1v) is 8.65. The van der Waals surface area contributed by atoms with Crippen molar-refractivity contribution in [2.45, 2.75) is 84.5 Å². The maximum atomic E-state index is 2.29. The second kappa shape index (κ2) is 15.4. The van der Waals surface area contributed by atoms with Crippen molar-refractivity contribution in [1.82, 2.24) is 0 Å². The second-order valence-corrected chi connectivity index (χ2v) is 6.02. The normalized spacial score (nSPS) is 10.9. The number of unbranched alkanes of at least 4 members (excludes halogenated alkanes) is 9. The Morgan fingerprint density at radius 1 is 0.500 bits per heavy atom. The van der Waals surface area contributed by atoms with E-state index in [1.807, 2.05) is 0 Å². The summed E-state index contributed by atoms with van der Waals surface area (Å²) < 4.78 is 0. The molecular weight excluding hydrogens is 212 g/mol. The van der Waals surface area contributed by atoms with Crippen LogP contribution in [0.1, 0.15) is 84.5 Å². The molecule has 0 aromatic carbocycles. The highest BCUT2D eigenvalue weighted by Gasteiger charge is 1.92. The Morgan fingerprint density at radius 3 is 1.38 bits per heavy atom. The average Bonchev–Trinajstić information content (AvgIpc) is 2.31. The molecule has 0 heterocycles. The molecule has 0 amide bonds. The van der Waals surface area contributed by atoms with Crippen molar-refractivity contribution in [3.05, 3.63) is 0 Å². The van der Waals surface area contributed by atoms with Crippen molar-refractivity contribution in [3.8, 4) is 0 Å². The number of hydrogen-bond acceptors (Lipinski definition) is 1. The molecule has 1 heteroatoms. The first kappa shape index (κ1) is 16.4. The van der Waals surface area contributed by atoms with Gasteiger partial charge in [-0.1, -0.05) is 71.6 Å². The van der Waals surface area contributed by atoms with Gasteiger partial charge in [-0.3, -0.25) is 0 Å². The highest BCUT2D eigenvalue weighted by atomic mass is 32.2. The van der Waals surface area contributed by atoms with Gasteiger partial charge in [0.1, 0.15) is 0 Å². The van der Waals surface area contributed by atoms with Gasteiger partial charge in [0.2, 0.25) is 0 Å². The minimum Gasteiger partial charge on any atom is -0.162 e. The first-order chi connectivity index (χ1) is 7.91. The highest BCUT2D eigenvalue weighted by Crippen LogP contribution is 2.12. The van der Waals surface area contributed by atoms with Crippen LogP contribution >= 0.6 is 11.8 Å². The zero-order valence-corrected chi connectivity index (χ0v) is 12.4. The predicted octanol–water partition coefficient (Wildman–Crippen LogP) is 6.05. The maximum absolute atomic E-state index is 2.29. The van der Waals surface area contributed by atoms with Gasteiger partial charge in [0.15, 0.2) is 0 Å². The summed E-state index contributed by atoms with van der Waals surface area (Å²) in [6.07, 6.45) is 15.8. The molecule has 0 saturated carbocycles. The van der Waals surface area contributed by atoms with E-state index in [4.69, 9.17) is 0 Å². The van der Waals surface area contributed by atoms with Gasteiger partial charge in [-0.05, 0) is 24.3 Å². The van der Waals surface area contributed by atoms with E-state index in [9.17, 15) is 0 Å². The topological polar surface area (TPSA) is 0 Å². The summed E-state index contributed by atoms with van der Waals surface area (Å²) in [4.78, 5) is 0. The number of hydrogen-bond donors (Lipinski definition) is 0. The van der Waals surface area contributed by atoms with E-state index in [0.29, 0.717) is 0 Å². The van der Waals surface area contributed by atoms with Crippen LogP contribution in [-0.2, 0) is 0 Å². The standard InChI is InChI=1S/C15H32S/c1-3-5-7-9-10-11-13-15-16-14-12-8-6-4-2/h3-15H2,1-2H3. The van der Waals surface area contributed by atoms with Crippen molar-refractivity contribution >= 4 is 11.8 Å². The van der Waals surface area contributed by atoms with E-state index in [0.717, 1.165) is 0 Å². The zero-order valence-electron chi connectivity index (χ0n) is 11.6. The molecule has 16 heavy (non-hydrogen) atoms. The summed E-state index contributed by atoms with van der Waals surface area (Å²) in [6.45, 7) is 4.57. The smallest absolute Gasteiger partial charge is 0.00675 e. The van der Waals surface area contributed by atoms with Gasteiger partial charge >= 0.3 is 0 Å². The fourth-order valence-electron chi connectivity index (χ4n) is 1.89. The maximum Gasteiger partial charge on any atom is -0.00675 e. The third-order valence-corrected chi connectivity index (χ3v) is 4.19. The minimum atomic E-state index is 1.36. The summed E-state index contributed by atoms with van der Waals surface area (Å²) in [5.41, 5.74) is 0. The van der Waals surface area contributed by atoms with Crippen LogP contribution in [-0.4, -0.2) is 11.5 Å². The lowest BCUT2D eigenvalue weighted by Gasteiger charge is -2.02. The van der Waals surface area contributed by atoms with E-state index >= 15 is 0 Å². The van der Waals surface area contributed by atoms with E-state index in [-0.39, 0.29) is 0 Å². The van der Waals surface area contributed by atoms with Crippen LogP contribution < -0.4 is 0 Å². The van der Waals surface area contributed by atoms with Crippen LogP contribution in [0.3, 0.4) is 0 Å². The molecule has 0 spiro atoms. The summed E-state index contributed by atoms with van der Waals surface area (Å²) in [5, 5.41) is 0. The van der Waals surface area contributed by atoms with Crippen molar-refractivity contribution < 1.29 is 0 Å². The lowest BCUT2D eigenvalue weighted by Crippen LogP contribution is -1.86. The predicted molar refractivity (Wildman–Crippen MR) is 79.5 cm³/mol. The third kappa shape index (κ3) is 14.4. The Bertz CT molecular complexity index is 98.0. The number of rotatable bonds is 13. The molecule has 0 radical (unpaired) electrons. The highest BCUT2D eigenvalue weighted by molar-refractivity contribution is 7.99. The van der Waals surface area contributed by atoms with Gasteiger partial charge in [-0.15, -0.1) is 0 Å². The molecule has 0 aromatic rings. The molecule has 0 fully saturated rings. The van der Waals surface area contributed by atoms with Crippen molar-refractivity contribution in [2.24, 2.45) is 0 Å². The zero-order chi connectivity index (χ0) is 11.9. The molecule has 0 aliphatic rings. The van der Waals surface area contributed by atoms with Crippen molar-refractivity contribution in [2.75, 3.05) is 11.5 Å². The molecule has 98 valence electrons. The molecular formula is C15H32S. The average molecular weight is 244 g/mol. The fraction of sp³-hybridized carbons (Fsp3) is 1.00. The monoisotopic (exact) mass is 244 g/mol. The summed E-state index contributed by atoms with van der Waals surface area (Å²) in [6, 6.07) is 0. The van der Waals surface area contributed by atoms with Gasteiger partial charge in [-0.2, -0.15) is 11.8 Å². The Balaban J connectivity index is 2.83. The van der Waals surface area contributed by atoms with Crippen LogP contribution in [0, 0.1) is 0 Å². The van der Waals surface area contributed by atoms with Crippen LogP contribution in [0.4, 0.5) is 0 Å². The Hall–Kier alpha value is 0.350. The molecule has 0 unspecified atom stereocenters. The first-order valence-electron chi connectivity index (χ1n) is 7.49. The van der Waals surface area contributed by atoms with E-state index in [1.165, 1.54) is 82.1 Å². The quantitative estimate of drug-likeness (QED) is 0.355. The summed E-state index contributed by atoms with van der Waals surface area (Å²) in [5.74, 6) is 2.80. The third-order valence-electron chi connectivity index (χ3n) is 3.03. The summed E-state index contributed by atoms with van der Waals surface area (Å²) >= 11 is 2.17. The van der Waals surface area contributed by atoms with E-state index < -0.39 is 0 Å². The van der Waals surface area contributed by atoms with Gasteiger partial charge in [0, 0.05) is 0 Å². The molecule has 0 N–H and O–H groups in total. The number of thioether (sulfide) groups is 1. The Kier molecular flexibility index (Phi) is 15.7. The molecule has 0 saturated heterocycles. The second-order valence-electron chi connectivity index (χ2n) is 4.79. The SMILES string of the molecule is CCCCCCCCCSCCCCCC. The minimum absolute atomic E-state index is 1.36. The largest absolute Gasteiger partial charge is 0.162 e. The molecule has 0 aliphatic heterocycles. The van der Waals surface area contributed by atoms with Crippen LogP contribution in [0.15, 0.2) is 0 Å². The summed E-state index contributed by atoms with van der Waals surface area (Å²) in [7, 11) is 0. The van der Waals surface area contributed by atoms with Crippen LogP contribution in [0.2, 0.25) is 0 Å². The molecule has 0 rings (SSSR count). The lowest BCUT2D eigenvalue weighted by molar-refractivity contribution is 0.603. The van der Waals surface area contributed by atoms with Crippen LogP contribution in [0.25, 0.3) is 0 Å². The van der Waals surface area contributed by atoms with E-state index in [2.05, 4.69) is 25.6 Å². The van der Waals surface area contributed by atoms with Gasteiger partial charge in [0.05, 0.1) is 0 Å². The molecule has 0 aliphatic carbocycles. The van der Waals surface area contributed by atoms with Gasteiger partial charge in [-0.25, -0.2) is 0 Å². The van der Waals surface area contributed by atoms with E-state index in [1.54, 1.807) is 0 Å². The molecule has 0 nitrogen and oxygen atoms in total. The molecule has 0 bridgehead atoms. The Labute approximate surface area is 108 Å². The molecule has 0 atom stereocenters. The van der Waals surface area contributed by atoms with Crippen molar-refractivity contribution in [3.63, 3.8) is 0 Å². The Morgan fingerprint density at radius 2 is 0.875 bits per heavy atom. The van der Waals surface area contributed by atoms with Crippen LogP contribution in [0.5, 0.6) is 0 Å². The molecule has 0 aromatic heterocycles. The van der Waals surface area contributed by atoms with Gasteiger partial charge < -0.3 is 0 Å². The lowest BCUT2D eigenvalue weighted by atomic mass is 10.1. The van der Waals surface area contributed by atoms with Crippen molar-refractivity contribution in [1.29, 1.82) is 0 Å².